The number of halogens is 1. The summed E-state index contributed by atoms with van der Waals surface area (Å²) in [5, 5.41) is 3.05. The fourth-order valence-corrected chi connectivity index (χ4v) is 7.25. The van der Waals surface area contributed by atoms with E-state index in [0.717, 1.165) is 75.7 Å². The van der Waals surface area contributed by atoms with Crippen molar-refractivity contribution >= 4 is 23.8 Å². The standard InChI is InChI=1S/C37H53FN6O5/c1-25(41(5)36(48)49-37(2,3)4)33(45)40-32(27-11-7-6-8-12-27)35(47)44-21-9-13-29(44)23-43(22-19-26-15-17-28(38)18-16-26)34(46)30-24-42-20-10-14-31(42)39-30/h15-18,24-25,27,29,32H,6-14,19-23H2,1-5H3,(H,40,45). The van der Waals surface area contributed by atoms with E-state index < -0.39 is 29.7 Å². The Morgan fingerprint density at radius 2 is 1.73 bits per heavy atom. The lowest BCUT2D eigenvalue weighted by molar-refractivity contribution is -0.140. The molecule has 1 saturated heterocycles. The number of likely N-dealkylation sites (N-methyl/N-ethyl adjacent to an activating group) is 1. The summed E-state index contributed by atoms with van der Waals surface area (Å²) in [6, 6.07) is 4.49. The number of fused-ring (bicyclic) bond motifs is 1. The summed E-state index contributed by atoms with van der Waals surface area (Å²) in [4.78, 5) is 64.4. The largest absolute Gasteiger partial charge is 0.444 e. The normalized spacial score (nSPS) is 19.2. The number of aromatic nitrogens is 2. The van der Waals surface area contributed by atoms with E-state index in [0.29, 0.717) is 31.7 Å². The van der Waals surface area contributed by atoms with Gasteiger partial charge in [-0.25, -0.2) is 14.2 Å². The first-order valence-electron chi connectivity index (χ1n) is 18.0. The number of likely N-dealkylation sites (tertiary alicyclic amines) is 1. The zero-order valence-electron chi connectivity index (χ0n) is 29.8. The van der Waals surface area contributed by atoms with Gasteiger partial charge in [-0.15, -0.1) is 0 Å². The van der Waals surface area contributed by atoms with Crippen molar-refractivity contribution in [3.05, 3.63) is 53.4 Å². The third-order valence-electron chi connectivity index (χ3n) is 10.2. The molecule has 1 saturated carbocycles. The molecule has 12 heteroatoms. The maximum Gasteiger partial charge on any atom is 0.410 e. The number of hydrogen-bond donors (Lipinski definition) is 1. The molecule has 2 fully saturated rings. The predicted octanol–water partition coefficient (Wildman–Crippen LogP) is 4.96. The number of aryl methyl sites for hydroxylation is 2. The van der Waals surface area contributed by atoms with Gasteiger partial charge in [0.1, 0.15) is 35.0 Å². The zero-order valence-corrected chi connectivity index (χ0v) is 29.8. The minimum atomic E-state index is -0.848. The lowest BCUT2D eigenvalue weighted by Gasteiger charge is -2.37. The van der Waals surface area contributed by atoms with Gasteiger partial charge in [0.05, 0.1) is 0 Å². The summed E-state index contributed by atoms with van der Waals surface area (Å²) in [5.74, 6) is -0.139. The first-order chi connectivity index (χ1) is 23.3. The molecule has 1 aromatic heterocycles. The molecule has 2 aromatic rings. The fraction of sp³-hybridized carbons (Fsp3) is 0.649. The molecular weight excluding hydrogens is 627 g/mol. The molecule has 3 atom stereocenters. The number of imidazole rings is 1. The van der Waals surface area contributed by atoms with Crippen molar-refractivity contribution < 1.29 is 28.3 Å². The van der Waals surface area contributed by atoms with Crippen molar-refractivity contribution in [2.45, 2.75) is 122 Å². The highest BCUT2D eigenvalue weighted by atomic mass is 19.1. The maximum absolute atomic E-state index is 14.5. The fourth-order valence-electron chi connectivity index (χ4n) is 7.25. The molecule has 3 heterocycles. The van der Waals surface area contributed by atoms with Gasteiger partial charge in [0, 0.05) is 51.9 Å². The third kappa shape index (κ3) is 9.19. The number of nitrogens with zero attached hydrogens (tertiary/aromatic N) is 5. The summed E-state index contributed by atoms with van der Waals surface area (Å²) >= 11 is 0. The molecule has 2 aliphatic heterocycles. The van der Waals surface area contributed by atoms with E-state index in [-0.39, 0.29) is 29.6 Å². The van der Waals surface area contributed by atoms with Crippen molar-refractivity contribution in [2.24, 2.45) is 5.92 Å². The van der Waals surface area contributed by atoms with Gasteiger partial charge in [-0.3, -0.25) is 19.3 Å². The van der Waals surface area contributed by atoms with Crippen LogP contribution in [0.4, 0.5) is 9.18 Å². The van der Waals surface area contributed by atoms with E-state index in [4.69, 9.17) is 4.74 Å². The van der Waals surface area contributed by atoms with E-state index >= 15 is 0 Å². The van der Waals surface area contributed by atoms with Crippen LogP contribution in [0.1, 0.15) is 101 Å². The van der Waals surface area contributed by atoms with Crippen LogP contribution in [-0.4, -0.2) is 98.5 Å². The summed E-state index contributed by atoms with van der Waals surface area (Å²) in [6.45, 7) is 9.05. The summed E-state index contributed by atoms with van der Waals surface area (Å²) < 4.78 is 21.1. The van der Waals surface area contributed by atoms with Gasteiger partial charge in [0.15, 0.2) is 0 Å². The average Bonchev–Trinajstić information content (AvgIpc) is 3.82. The minimum Gasteiger partial charge on any atom is -0.444 e. The lowest BCUT2D eigenvalue weighted by Crippen LogP contribution is -2.58. The number of carbonyl (C=O) groups is 4. The van der Waals surface area contributed by atoms with Crippen LogP contribution >= 0.6 is 0 Å². The summed E-state index contributed by atoms with van der Waals surface area (Å²) in [5.41, 5.74) is 0.607. The molecule has 0 radical (unpaired) electrons. The molecule has 1 aliphatic carbocycles. The number of amides is 4. The number of rotatable bonds is 11. The first kappa shape index (κ1) is 36.3. The quantitative estimate of drug-likeness (QED) is 0.359. The zero-order chi connectivity index (χ0) is 35.3. The number of benzene rings is 1. The Labute approximate surface area is 289 Å². The monoisotopic (exact) mass is 680 g/mol. The minimum absolute atomic E-state index is 0.0189. The van der Waals surface area contributed by atoms with Crippen molar-refractivity contribution in [1.82, 2.24) is 29.6 Å². The highest BCUT2D eigenvalue weighted by Crippen LogP contribution is 2.30. The Morgan fingerprint density at radius 1 is 1.02 bits per heavy atom. The Bertz CT molecular complexity index is 1460. The molecule has 11 nitrogen and oxygen atoms in total. The Hall–Kier alpha value is -3.96. The molecule has 0 bridgehead atoms. The topological polar surface area (TPSA) is 117 Å². The van der Waals surface area contributed by atoms with Crippen molar-refractivity contribution in [1.29, 1.82) is 0 Å². The van der Waals surface area contributed by atoms with E-state index in [2.05, 4.69) is 10.3 Å². The Balaban J connectivity index is 1.33. The Kier molecular flexibility index (Phi) is 11.7. The molecule has 5 rings (SSSR count). The summed E-state index contributed by atoms with van der Waals surface area (Å²) in [6.07, 6.45) is 9.86. The average molecular weight is 681 g/mol. The number of hydrogen-bond acceptors (Lipinski definition) is 6. The highest BCUT2D eigenvalue weighted by molar-refractivity contribution is 5.93. The maximum atomic E-state index is 14.5. The molecule has 4 amide bonds. The van der Waals surface area contributed by atoms with Crippen LogP contribution < -0.4 is 5.32 Å². The lowest BCUT2D eigenvalue weighted by atomic mass is 9.83. The molecule has 0 spiro atoms. The molecular formula is C37H53FN6O5. The van der Waals surface area contributed by atoms with Gasteiger partial charge < -0.3 is 24.4 Å². The van der Waals surface area contributed by atoms with E-state index in [9.17, 15) is 23.6 Å². The van der Waals surface area contributed by atoms with E-state index in [1.165, 1.54) is 24.1 Å². The molecule has 1 N–H and O–H groups in total. The van der Waals surface area contributed by atoms with Crippen LogP contribution in [-0.2, 0) is 33.7 Å². The van der Waals surface area contributed by atoms with Crippen LogP contribution in [0.5, 0.6) is 0 Å². The van der Waals surface area contributed by atoms with Crippen LogP contribution in [0.3, 0.4) is 0 Å². The van der Waals surface area contributed by atoms with Crippen LogP contribution in [0.2, 0.25) is 0 Å². The second-order valence-corrected chi connectivity index (χ2v) is 14.9. The van der Waals surface area contributed by atoms with Crippen molar-refractivity contribution in [3.63, 3.8) is 0 Å². The van der Waals surface area contributed by atoms with Crippen LogP contribution in [0.25, 0.3) is 0 Å². The molecule has 1 aromatic carbocycles. The molecule has 3 unspecified atom stereocenters. The SMILES string of the molecule is CC(C(=O)NC(C(=O)N1CCCC1CN(CCc1ccc(F)cc1)C(=O)c1cn2c(n1)CCC2)C1CCCCC1)N(C)C(=O)OC(C)(C)C. The van der Waals surface area contributed by atoms with Crippen molar-refractivity contribution in [2.75, 3.05) is 26.7 Å². The number of carbonyl (C=O) groups excluding carboxylic acids is 4. The third-order valence-corrected chi connectivity index (χ3v) is 10.2. The van der Waals surface area contributed by atoms with Gasteiger partial charge in [0.2, 0.25) is 11.8 Å². The predicted molar refractivity (Wildman–Crippen MR) is 183 cm³/mol. The van der Waals surface area contributed by atoms with Gasteiger partial charge in [-0.05, 0) is 89.8 Å². The number of ether oxygens (including phenoxy) is 1. The van der Waals surface area contributed by atoms with Gasteiger partial charge in [0.25, 0.3) is 5.91 Å². The smallest absolute Gasteiger partial charge is 0.410 e. The van der Waals surface area contributed by atoms with E-state index in [1.54, 1.807) is 44.7 Å². The second kappa shape index (κ2) is 15.7. The van der Waals surface area contributed by atoms with Crippen molar-refractivity contribution in [3.8, 4) is 0 Å². The molecule has 49 heavy (non-hydrogen) atoms. The molecule has 268 valence electrons. The van der Waals surface area contributed by atoms with Gasteiger partial charge in [-0.1, -0.05) is 31.4 Å². The van der Waals surface area contributed by atoms with Crippen LogP contribution in [0, 0.1) is 11.7 Å². The molecule has 3 aliphatic rings. The van der Waals surface area contributed by atoms with E-state index in [1.807, 2.05) is 15.7 Å². The van der Waals surface area contributed by atoms with Gasteiger partial charge in [-0.2, -0.15) is 0 Å². The Morgan fingerprint density at radius 3 is 2.41 bits per heavy atom. The number of nitrogens with one attached hydrogen (secondary N) is 1. The van der Waals surface area contributed by atoms with Gasteiger partial charge >= 0.3 is 6.09 Å². The first-order valence-corrected chi connectivity index (χ1v) is 18.0. The van der Waals surface area contributed by atoms with Crippen LogP contribution in [0.15, 0.2) is 30.5 Å². The highest BCUT2D eigenvalue weighted by Gasteiger charge is 2.40. The second-order valence-electron chi connectivity index (χ2n) is 14.9. The summed E-state index contributed by atoms with van der Waals surface area (Å²) in [7, 11) is 1.53.